The van der Waals surface area contributed by atoms with E-state index in [9.17, 15) is 13.2 Å². The number of rotatable bonds is 6. The standard InChI is InChI=1S/C23H22N4O3S2/c1-16-14-20(27(2)26-16)21-12-13-22(31-21)32(29,30)15-17-8-10-19(11-9-17)25-23(28)24-18-6-4-3-5-7-18/h3-14H,15H2,1-2H3,(H2,24,25,28). The average molecular weight is 467 g/mol. The van der Waals surface area contributed by atoms with Gasteiger partial charge in [0.2, 0.25) is 0 Å². The maximum absolute atomic E-state index is 12.9. The first-order valence-corrected chi connectivity index (χ1v) is 12.3. The molecule has 0 aliphatic rings. The number of carbonyl (C=O) groups is 1. The van der Waals surface area contributed by atoms with Crippen molar-refractivity contribution in [3.8, 4) is 10.6 Å². The van der Waals surface area contributed by atoms with Gasteiger partial charge in [0.15, 0.2) is 9.84 Å². The molecule has 4 aromatic rings. The minimum Gasteiger partial charge on any atom is -0.308 e. The van der Waals surface area contributed by atoms with Gasteiger partial charge in [0.05, 0.1) is 22.0 Å². The van der Waals surface area contributed by atoms with Gasteiger partial charge >= 0.3 is 6.03 Å². The zero-order valence-electron chi connectivity index (χ0n) is 17.6. The Morgan fingerprint density at radius 3 is 2.25 bits per heavy atom. The summed E-state index contributed by atoms with van der Waals surface area (Å²) in [6.45, 7) is 1.90. The fraction of sp³-hybridized carbons (Fsp3) is 0.130. The second-order valence-electron chi connectivity index (χ2n) is 7.31. The number of carbonyl (C=O) groups excluding carboxylic acids is 1. The Morgan fingerprint density at radius 2 is 1.62 bits per heavy atom. The summed E-state index contributed by atoms with van der Waals surface area (Å²) in [5.41, 5.74) is 3.67. The second kappa shape index (κ2) is 8.97. The molecule has 7 nitrogen and oxygen atoms in total. The van der Waals surface area contributed by atoms with Crippen LogP contribution in [0.3, 0.4) is 0 Å². The number of urea groups is 1. The molecule has 0 saturated heterocycles. The van der Waals surface area contributed by atoms with E-state index in [2.05, 4.69) is 15.7 Å². The summed E-state index contributed by atoms with van der Waals surface area (Å²) in [6, 6.07) is 20.9. The van der Waals surface area contributed by atoms with Gasteiger partial charge in [-0.25, -0.2) is 13.2 Å². The van der Waals surface area contributed by atoms with Crippen LogP contribution in [0, 0.1) is 6.92 Å². The lowest BCUT2D eigenvalue weighted by Gasteiger charge is -2.08. The SMILES string of the molecule is Cc1cc(-c2ccc(S(=O)(=O)Cc3ccc(NC(=O)Nc4ccccc4)cc3)s2)n(C)n1. The average Bonchev–Trinajstić information content (AvgIpc) is 3.37. The highest BCUT2D eigenvalue weighted by Gasteiger charge is 2.19. The molecule has 2 amide bonds. The Bertz CT molecular complexity index is 1340. The van der Waals surface area contributed by atoms with Crippen molar-refractivity contribution in [1.82, 2.24) is 9.78 Å². The number of hydrogen-bond acceptors (Lipinski definition) is 5. The van der Waals surface area contributed by atoms with Crippen molar-refractivity contribution in [2.24, 2.45) is 7.05 Å². The van der Waals surface area contributed by atoms with E-state index >= 15 is 0 Å². The zero-order chi connectivity index (χ0) is 22.7. The van der Waals surface area contributed by atoms with E-state index in [1.165, 1.54) is 11.3 Å². The maximum atomic E-state index is 12.9. The zero-order valence-corrected chi connectivity index (χ0v) is 19.2. The van der Waals surface area contributed by atoms with Gasteiger partial charge in [0.1, 0.15) is 4.21 Å². The number of nitrogens with one attached hydrogen (secondary N) is 2. The normalized spacial score (nSPS) is 11.3. The number of thiophene rings is 1. The summed E-state index contributed by atoms with van der Waals surface area (Å²) < 4.78 is 27.9. The number of benzene rings is 2. The van der Waals surface area contributed by atoms with E-state index in [1.807, 2.05) is 44.3 Å². The molecule has 0 unspecified atom stereocenters. The summed E-state index contributed by atoms with van der Waals surface area (Å²) in [6.07, 6.45) is 0. The molecule has 4 rings (SSSR count). The summed E-state index contributed by atoms with van der Waals surface area (Å²) in [5.74, 6) is -0.117. The van der Waals surface area contributed by atoms with Crippen molar-refractivity contribution in [2.45, 2.75) is 16.9 Å². The molecule has 2 aromatic heterocycles. The number of aryl methyl sites for hydroxylation is 2. The fourth-order valence-corrected chi connectivity index (χ4v) is 6.04. The summed E-state index contributed by atoms with van der Waals surface area (Å²) in [7, 11) is -1.65. The third-order valence-electron chi connectivity index (χ3n) is 4.74. The van der Waals surface area contributed by atoms with E-state index in [0.717, 1.165) is 16.3 Å². The van der Waals surface area contributed by atoms with Crippen LogP contribution in [0.4, 0.5) is 16.2 Å². The molecule has 0 saturated carbocycles. The molecule has 0 aliphatic heterocycles. The Balaban J connectivity index is 1.41. The van der Waals surface area contributed by atoms with Crippen molar-refractivity contribution in [3.63, 3.8) is 0 Å². The van der Waals surface area contributed by atoms with E-state index in [1.54, 1.807) is 47.1 Å². The van der Waals surface area contributed by atoms with Crippen LogP contribution in [-0.4, -0.2) is 24.2 Å². The van der Waals surface area contributed by atoms with Crippen molar-refractivity contribution in [2.75, 3.05) is 10.6 Å². The van der Waals surface area contributed by atoms with Crippen molar-refractivity contribution < 1.29 is 13.2 Å². The Morgan fingerprint density at radius 1 is 0.969 bits per heavy atom. The molecular weight excluding hydrogens is 444 g/mol. The number of aromatic nitrogens is 2. The lowest BCUT2D eigenvalue weighted by Crippen LogP contribution is -2.19. The van der Waals surface area contributed by atoms with Gasteiger partial charge in [-0.3, -0.25) is 4.68 Å². The minimum atomic E-state index is -3.49. The first-order valence-electron chi connectivity index (χ1n) is 9.86. The van der Waals surface area contributed by atoms with Gasteiger partial charge in [0, 0.05) is 18.4 Å². The molecule has 0 bridgehead atoms. The topological polar surface area (TPSA) is 93.1 Å². The molecular formula is C23H22N4O3S2. The van der Waals surface area contributed by atoms with Gasteiger partial charge in [-0.05, 0) is 55.0 Å². The molecule has 0 atom stereocenters. The Kier molecular flexibility index (Phi) is 6.11. The molecule has 0 spiro atoms. The predicted molar refractivity (Wildman–Crippen MR) is 128 cm³/mol. The first kappa shape index (κ1) is 21.8. The monoisotopic (exact) mass is 466 g/mol. The fourth-order valence-electron chi connectivity index (χ4n) is 3.26. The number of hydrogen-bond donors (Lipinski definition) is 2. The van der Waals surface area contributed by atoms with Crippen LogP contribution < -0.4 is 10.6 Å². The molecule has 0 fully saturated rings. The van der Waals surface area contributed by atoms with Crippen LogP contribution in [0.2, 0.25) is 0 Å². The quantitative estimate of drug-likeness (QED) is 0.415. The van der Waals surface area contributed by atoms with E-state index < -0.39 is 9.84 Å². The van der Waals surface area contributed by atoms with Crippen molar-refractivity contribution in [3.05, 3.63) is 84.1 Å². The van der Waals surface area contributed by atoms with Crippen LogP contribution in [0.25, 0.3) is 10.6 Å². The second-order valence-corrected chi connectivity index (χ2v) is 10.6. The highest BCUT2D eigenvalue weighted by Crippen LogP contribution is 2.32. The Labute approximate surface area is 190 Å². The number of amides is 2. The van der Waals surface area contributed by atoms with E-state index in [4.69, 9.17) is 0 Å². The molecule has 2 heterocycles. The largest absolute Gasteiger partial charge is 0.323 e. The number of para-hydroxylation sites is 1. The summed E-state index contributed by atoms with van der Waals surface area (Å²) in [5, 5.41) is 9.79. The van der Waals surface area contributed by atoms with Gasteiger partial charge < -0.3 is 10.6 Å². The van der Waals surface area contributed by atoms with E-state index in [0.29, 0.717) is 21.1 Å². The maximum Gasteiger partial charge on any atom is 0.323 e. The highest BCUT2D eigenvalue weighted by atomic mass is 32.2. The van der Waals surface area contributed by atoms with Gasteiger partial charge in [-0.1, -0.05) is 30.3 Å². The first-order chi connectivity index (χ1) is 15.3. The lowest BCUT2D eigenvalue weighted by atomic mass is 10.2. The molecule has 0 aliphatic carbocycles. The molecule has 2 N–H and O–H groups in total. The highest BCUT2D eigenvalue weighted by molar-refractivity contribution is 7.92. The molecule has 2 aromatic carbocycles. The van der Waals surface area contributed by atoms with Crippen LogP contribution in [0.5, 0.6) is 0 Å². The van der Waals surface area contributed by atoms with Crippen molar-refractivity contribution >= 4 is 38.6 Å². The van der Waals surface area contributed by atoms with Crippen LogP contribution in [0.1, 0.15) is 11.3 Å². The van der Waals surface area contributed by atoms with Crippen molar-refractivity contribution in [1.29, 1.82) is 0 Å². The molecule has 32 heavy (non-hydrogen) atoms. The van der Waals surface area contributed by atoms with Gasteiger partial charge in [-0.15, -0.1) is 11.3 Å². The number of anilines is 2. The number of sulfone groups is 1. The minimum absolute atomic E-state index is 0.117. The van der Waals surface area contributed by atoms with Crippen LogP contribution in [-0.2, 0) is 22.6 Å². The summed E-state index contributed by atoms with van der Waals surface area (Å²) >= 11 is 1.24. The van der Waals surface area contributed by atoms with Crippen LogP contribution in [0.15, 0.2) is 77.0 Å². The molecule has 9 heteroatoms. The molecule has 0 radical (unpaired) electrons. The van der Waals surface area contributed by atoms with E-state index in [-0.39, 0.29) is 11.8 Å². The number of nitrogens with zero attached hydrogens (tertiary/aromatic N) is 2. The van der Waals surface area contributed by atoms with Crippen LogP contribution >= 0.6 is 11.3 Å². The van der Waals surface area contributed by atoms with Gasteiger partial charge in [0.25, 0.3) is 0 Å². The summed E-state index contributed by atoms with van der Waals surface area (Å²) in [4.78, 5) is 13.0. The smallest absolute Gasteiger partial charge is 0.308 e. The molecule has 164 valence electrons. The van der Waals surface area contributed by atoms with Gasteiger partial charge in [-0.2, -0.15) is 5.10 Å². The predicted octanol–water partition coefficient (Wildman–Crippen LogP) is 5.07. The third kappa shape index (κ3) is 5.06. The Hall–Kier alpha value is -3.43. The lowest BCUT2D eigenvalue weighted by molar-refractivity contribution is 0.262. The third-order valence-corrected chi connectivity index (χ3v) is 8.12.